The van der Waals surface area contributed by atoms with Crippen LogP contribution < -0.4 is 4.74 Å². The molecule has 0 aliphatic rings. The quantitative estimate of drug-likeness (QED) is 0.680. The van der Waals surface area contributed by atoms with Crippen molar-refractivity contribution >= 4 is 5.91 Å². The first-order valence-electron chi connectivity index (χ1n) is 8.39. The Morgan fingerprint density at radius 1 is 1.15 bits per heavy atom. The second-order valence-corrected chi connectivity index (χ2v) is 6.15. The first-order chi connectivity index (χ1) is 12.5. The highest BCUT2D eigenvalue weighted by Crippen LogP contribution is 2.17. The van der Waals surface area contributed by atoms with E-state index in [-0.39, 0.29) is 12.5 Å². The predicted molar refractivity (Wildman–Crippen MR) is 97.5 cm³/mol. The van der Waals surface area contributed by atoms with Crippen LogP contribution in [0.2, 0.25) is 0 Å². The summed E-state index contributed by atoms with van der Waals surface area (Å²) in [6.07, 6.45) is -0.609. The van der Waals surface area contributed by atoms with Gasteiger partial charge in [0.1, 0.15) is 5.75 Å². The molecule has 0 fully saturated rings. The molecule has 0 radical (unpaired) electrons. The van der Waals surface area contributed by atoms with E-state index in [0.717, 1.165) is 11.1 Å². The van der Waals surface area contributed by atoms with Gasteiger partial charge in [0.2, 0.25) is 11.7 Å². The molecular formula is C20H21N3O3. The molecular weight excluding hydrogens is 330 g/mol. The summed E-state index contributed by atoms with van der Waals surface area (Å²) in [6.45, 7) is 3.96. The van der Waals surface area contributed by atoms with Gasteiger partial charge < -0.3 is 14.2 Å². The third-order valence-corrected chi connectivity index (χ3v) is 3.93. The molecule has 1 atom stereocenters. The molecule has 26 heavy (non-hydrogen) atoms. The van der Waals surface area contributed by atoms with Crippen LogP contribution in [0.5, 0.6) is 5.75 Å². The Balaban J connectivity index is 1.61. The maximum atomic E-state index is 12.5. The first-order valence-corrected chi connectivity index (χ1v) is 8.39. The Labute approximate surface area is 152 Å². The van der Waals surface area contributed by atoms with Gasteiger partial charge in [0.15, 0.2) is 6.10 Å². The molecule has 2 aromatic carbocycles. The van der Waals surface area contributed by atoms with Gasteiger partial charge >= 0.3 is 0 Å². The van der Waals surface area contributed by atoms with Crippen molar-refractivity contribution in [2.75, 3.05) is 7.05 Å². The second kappa shape index (κ2) is 7.82. The highest BCUT2D eigenvalue weighted by atomic mass is 16.5. The fourth-order valence-electron chi connectivity index (χ4n) is 2.48. The topological polar surface area (TPSA) is 68.5 Å². The van der Waals surface area contributed by atoms with Gasteiger partial charge in [0, 0.05) is 12.6 Å². The summed E-state index contributed by atoms with van der Waals surface area (Å²) < 4.78 is 10.9. The summed E-state index contributed by atoms with van der Waals surface area (Å²) in [4.78, 5) is 18.4. The number of nitrogens with zero attached hydrogens (tertiary/aromatic N) is 3. The molecule has 134 valence electrons. The molecule has 0 aliphatic carbocycles. The van der Waals surface area contributed by atoms with Crippen molar-refractivity contribution in [1.29, 1.82) is 0 Å². The van der Waals surface area contributed by atoms with Gasteiger partial charge in [-0.1, -0.05) is 53.2 Å². The number of amides is 1. The van der Waals surface area contributed by atoms with Gasteiger partial charge in [-0.25, -0.2) is 0 Å². The number of carbonyl (C=O) groups excluding carboxylic acids is 1. The monoisotopic (exact) mass is 351 g/mol. The van der Waals surface area contributed by atoms with Crippen LogP contribution in [-0.4, -0.2) is 34.1 Å². The number of benzene rings is 2. The third kappa shape index (κ3) is 4.27. The van der Waals surface area contributed by atoms with E-state index in [1.165, 1.54) is 4.90 Å². The van der Waals surface area contributed by atoms with Crippen LogP contribution in [0.3, 0.4) is 0 Å². The van der Waals surface area contributed by atoms with Gasteiger partial charge in [-0.2, -0.15) is 4.98 Å². The molecule has 3 rings (SSSR count). The fourth-order valence-corrected chi connectivity index (χ4v) is 2.48. The van der Waals surface area contributed by atoms with Crippen molar-refractivity contribution in [1.82, 2.24) is 15.0 Å². The van der Waals surface area contributed by atoms with Crippen LogP contribution in [0.1, 0.15) is 18.4 Å². The number of hydrogen-bond donors (Lipinski definition) is 0. The van der Waals surface area contributed by atoms with E-state index in [4.69, 9.17) is 9.26 Å². The molecule has 6 heteroatoms. The zero-order chi connectivity index (χ0) is 18.5. The lowest BCUT2D eigenvalue weighted by Crippen LogP contribution is -2.37. The van der Waals surface area contributed by atoms with Gasteiger partial charge in [0.25, 0.3) is 5.91 Å². The van der Waals surface area contributed by atoms with E-state index in [9.17, 15) is 4.79 Å². The molecule has 0 saturated carbocycles. The van der Waals surface area contributed by atoms with Crippen molar-refractivity contribution in [3.63, 3.8) is 0 Å². The number of hydrogen-bond acceptors (Lipinski definition) is 5. The lowest BCUT2D eigenvalue weighted by atomic mass is 10.1. The number of para-hydroxylation sites is 1. The number of likely N-dealkylation sites (N-methyl/N-ethyl adjacent to an activating group) is 1. The van der Waals surface area contributed by atoms with Crippen molar-refractivity contribution < 1.29 is 14.1 Å². The molecule has 1 unspecified atom stereocenters. The number of aryl methyl sites for hydroxylation is 1. The lowest BCUT2D eigenvalue weighted by Gasteiger charge is -2.20. The number of ether oxygens (including phenoxy) is 1. The van der Waals surface area contributed by atoms with E-state index in [1.807, 2.05) is 61.5 Å². The normalized spacial score (nSPS) is 11.8. The standard InChI is InChI=1S/C20H21N3O3/c1-14-9-11-16(12-10-14)19-21-18(26-22-19)13-23(3)20(24)15(2)25-17-7-5-4-6-8-17/h4-12,15H,13H2,1-3H3. The highest BCUT2D eigenvalue weighted by molar-refractivity contribution is 5.80. The Morgan fingerprint density at radius 3 is 2.54 bits per heavy atom. The van der Waals surface area contributed by atoms with E-state index >= 15 is 0 Å². The SMILES string of the molecule is Cc1ccc(-c2noc(CN(C)C(=O)C(C)Oc3ccccc3)n2)cc1. The molecule has 0 spiro atoms. The minimum atomic E-state index is -0.609. The van der Waals surface area contributed by atoms with Crippen LogP contribution in [-0.2, 0) is 11.3 Å². The van der Waals surface area contributed by atoms with E-state index in [2.05, 4.69) is 10.1 Å². The fraction of sp³-hybridized carbons (Fsp3) is 0.250. The summed E-state index contributed by atoms with van der Waals surface area (Å²) >= 11 is 0. The molecule has 3 aromatic rings. The summed E-state index contributed by atoms with van der Waals surface area (Å²) in [5.74, 6) is 1.38. The zero-order valence-electron chi connectivity index (χ0n) is 15.0. The van der Waals surface area contributed by atoms with Gasteiger partial charge in [0.05, 0.1) is 6.54 Å². The number of carbonyl (C=O) groups is 1. The maximum Gasteiger partial charge on any atom is 0.263 e. The second-order valence-electron chi connectivity index (χ2n) is 6.15. The Bertz CT molecular complexity index is 860. The minimum Gasteiger partial charge on any atom is -0.481 e. The Kier molecular flexibility index (Phi) is 5.31. The zero-order valence-corrected chi connectivity index (χ0v) is 15.0. The molecule has 0 saturated heterocycles. The van der Waals surface area contributed by atoms with Crippen LogP contribution in [0, 0.1) is 6.92 Å². The van der Waals surface area contributed by atoms with Crippen molar-refractivity contribution in [2.24, 2.45) is 0 Å². The first kappa shape index (κ1) is 17.7. The van der Waals surface area contributed by atoms with Crippen LogP contribution >= 0.6 is 0 Å². The van der Waals surface area contributed by atoms with Crippen molar-refractivity contribution in [2.45, 2.75) is 26.5 Å². The van der Waals surface area contributed by atoms with Crippen LogP contribution in [0.25, 0.3) is 11.4 Å². The lowest BCUT2D eigenvalue weighted by molar-refractivity contribution is -0.137. The van der Waals surface area contributed by atoms with E-state index < -0.39 is 6.10 Å². The average Bonchev–Trinajstić information content (AvgIpc) is 3.11. The maximum absolute atomic E-state index is 12.5. The van der Waals surface area contributed by atoms with Crippen molar-refractivity contribution in [3.8, 4) is 17.1 Å². The molecule has 0 bridgehead atoms. The smallest absolute Gasteiger partial charge is 0.263 e. The van der Waals surface area contributed by atoms with E-state index in [1.54, 1.807) is 14.0 Å². The Hall–Kier alpha value is -3.15. The Morgan fingerprint density at radius 2 is 1.85 bits per heavy atom. The summed E-state index contributed by atoms with van der Waals surface area (Å²) in [5.41, 5.74) is 2.04. The molecule has 0 N–H and O–H groups in total. The largest absolute Gasteiger partial charge is 0.481 e. The molecule has 0 aliphatic heterocycles. The van der Waals surface area contributed by atoms with Crippen LogP contribution in [0.15, 0.2) is 59.1 Å². The third-order valence-electron chi connectivity index (χ3n) is 3.93. The van der Waals surface area contributed by atoms with E-state index in [0.29, 0.717) is 17.5 Å². The van der Waals surface area contributed by atoms with Crippen molar-refractivity contribution in [3.05, 3.63) is 66.1 Å². The molecule has 1 heterocycles. The summed E-state index contributed by atoms with van der Waals surface area (Å²) in [6, 6.07) is 17.1. The molecule has 6 nitrogen and oxygen atoms in total. The number of aromatic nitrogens is 2. The van der Waals surface area contributed by atoms with Crippen LogP contribution in [0.4, 0.5) is 0 Å². The van der Waals surface area contributed by atoms with Gasteiger partial charge in [-0.15, -0.1) is 0 Å². The van der Waals surface area contributed by atoms with Gasteiger partial charge in [-0.05, 0) is 26.0 Å². The number of rotatable bonds is 6. The summed E-state index contributed by atoms with van der Waals surface area (Å²) in [7, 11) is 1.68. The molecule has 1 amide bonds. The average molecular weight is 351 g/mol. The molecule has 1 aromatic heterocycles. The minimum absolute atomic E-state index is 0.163. The highest BCUT2D eigenvalue weighted by Gasteiger charge is 2.21. The predicted octanol–water partition coefficient (Wildman–Crippen LogP) is 3.47. The van der Waals surface area contributed by atoms with Gasteiger partial charge in [-0.3, -0.25) is 4.79 Å². The summed E-state index contributed by atoms with van der Waals surface area (Å²) in [5, 5.41) is 3.99.